The fraction of sp³-hybridized carbons (Fsp3) is 0.389. The number of anilines is 1. The molecule has 2 rings (SSSR count). The molecule has 5 nitrogen and oxygen atoms in total. The molecule has 122 valence electrons. The number of benzene rings is 1. The number of aryl methyl sites for hydroxylation is 1. The van der Waals surface area contributed by atoms with Gasteiger partial charge in [0.2, 0.25) is 5.91 Å². The molecule has 1 aromatic heterocycles. The van der Waals surface area contributed by atoms with Crippen molar-refractivity contribution in [2.24, 2.45) is 0 Å². The summed E-state index contributed by atoms with van der Waals surface area (Å²) >= 11 is 0. The van der Waals surface area contributed by atoms with Gasteiger partial charge in [0.05, 0.1) is 17.9 Å². The molecule has 0 unspecified atom stereocenters. The molecule has 2 N–H and O–H groups in total. The summed E-state index contributed by atoms with van der Waals surface area (Å²) in [6.07, 6.45) is 4.54. The van der Waals surface area contributed by atoms with Crippen LogP contribution in [0.25, 0.3) is 0 Å². The van der Waals surface area contributed by atoms with Crippen LogP contribution < -0.4 is 10.6 Å². The first-order valence-corrected chi connectivity index (χ1v) is 7.96. The van der Waals surface area contributed by atoms with Gasteiger partial charge >= 0.3 is 0 Å². The summed E-state index contributed by atoms with van der Waals surface area (Å²) in [6.45, 7) is 7.02. The maximum Gasteiger partial charge on any atom is 0.238 e. The highest BCUT2D eigenvalue weighted by atomic mass is 16.1. The van der Waals surface area contributed by atoms with Crippen LogP contribution in [-0.4, -0.2) is 22.4 Å². The Morgan fingerprint density at radius 2 is 1.91 bits per heavy atom. The van der Waals surface area contributed by atoms with E-state index < -0.39 is 0 Å². The predicted molar refractivity (Wildman–Crippen MR) is 92.3 cm³/mol. The maximum absolute atomic E-state index is 11.9. The Hall–Kier alpha value is -2.27. The van der Waals surface area contributed by atoms with E-state index in [1.54, 1.807) is 12.4 Å². The molecule has 0 aliphatic rings. The number of rotatable bonds is 7. The van der Waals surface area contributed by atoms with Gasteiger partial charge in [-0.05, 0) is 37.0 Å². The zero-order chi connectivity index (χ0) is 16.7. The minimum atomic E-state index is -0.0682. The quantitative estimate of drug-likeness (QED) is 0.824. The SMILES string of the molecule is CC[C@H](C)c1ccc(NC(=O)CNCc2cnc(C)cn2)cc1. The smallest absolute Gasteiger partial charge is 0.238 e. The van der Waals surface area contributed by atoms with E-state index in [0.717, 1.165) is 23.5 Å². The Bertz CT molecular complexity index is 622. The van der Waals surface area contributed by atoms with Gasteiger partial charge in [0.25, 0.3) is 0 Å². The summed E-state index contributed by atoms with van der Waals surface area (Å²) in [7, 11) is 0. The topological polar surface area (TPSA) is 66.9 Å². The number of nitrogens with one attached hydrogen (secondary N) is 2. The van der Waals surface area contributed by atoms with Crippen LogP contribution in [-0.2, 0) is 11.3 Å². The second-order valence-electron chi connectivity index (χ2n) is 5.73. The van der Waals surface area contributed by atoms with Gasteiger partial charge in [0, 0.05) is 24.6 Å². The molecule has 2 aromatic rings. The Balaban J connectivity index is 1.77. The molecule has 0 saturated heterocycles. The third-order valence-electron chi connectivity index (χ3n) is 3.80. The van der Waals surface area contributed by atoms with Crippen LogP contribution in [0, 0.1) is 6.92 Å². The van der Waals surface area contributed by atoms with E-state index in [1.807, 2.05) is 19.1 Å². The number of nitrogens with zero attached hydrogens (tertiary/aromatic N) is 2. The highest BCUT2D eigenvalue weighted by Crippen LogP contribution is 2.20. The van der Waals surface area contributed by atoms with Gasteiger partial charge in [0.1, 0.15) is 0 Å². The van der Waals surface area contributed by atoms with Gasteiger partial charge in [-0.2, -0.15) is 0 Å². The first-order valence-electron chi connectivity index (χ1n) is 7.96. The molecule has 0 radical (unpaired) electrons. The molecule has 5 heteroatoms. The second kappa shape index (κ2) is 8.39. The summed E-state index contributed by atoms with van der Waals surface area (Å²) in [4.78, 5) is 20.3. The third-order valence-corrected chi connectivity index (χ3v) is 3.80. The van der Waals surface area contributed by atoms with Crippen molar-refractivity contribution < 1.29 is 4.79 Å². The van der Waals surface area contributed by atoms with Gasteiger partial charge in [-0.15, -0.1) is 0 Å². The van der Waals surface area contributed by atoms with Crippen molar-refractivity contribution in [2.45, 2.75) is 39.7 Å². The molecule has 0 bridgehead atoms. The number of aromatic nitrogens is 2. The summed E-state index contributed by atoms with van der Waals surface area (Å²) in [5.74, 6) is 0.471. The first kappa shape index (κ1) is 17.1. The minimum Gasteiger partial charge on any atom is -0.325 e. The van der Waals surface area contributed by atoms with Gasteiger partial charge in [-0.3, -0.25) is 14.8 Å². The lowest BCUT2D eigenvalue weighted by Crippen LogP contribution is -2.28. The van der Waals surface area contributed by atoms with Crippen LogP contribution in [0.4, 0.5) is 5.69 Å². The van der Waals surface area contributed by atoms with E-state index in [2.05, 4.69) is 46.6 Å². The number of amides is 1. The zero-order valence-corrected chi connectivity index (χ0v) is 14.0. The van der Waals surface area contributed by atoms with E-state index in [-0.39, 0.29) is 12.5 Å². The first-order chi connectivity index (χ1) is 11.1. The zero-order valence-electron chi connectivity index (χ0n) is 14.0. The Kier molecular flexibility index (Phi) is 6.23. The predicted octanol–water partition coefficient (Wildman–Crippen LogP) is 3.03. The molecule has 0 aliphatic heterocycles. The Morgan fingerprint density at radius 1 is 1.17 bits per heavy atom. The number of hydrogen-bond donors (Lipinski definition) is 2. The molecule has 1 aromatic carbocycles. The van der Waals surface area contributed by atoms with E-state index in [4.69, 9.17) is 0 Å². The Labute approximate surface area is 137 Å². The Morgan fingerprint density at radius 3 is 2.52 bits per heavy atom. The van der Waals surface area contributed by atoms with Crippen LogP contribution >= 0.6 is 0 Å². The van der Waals surface area contributed by atoms with Crippen molar-refractivity contribution in [3.8, 4) is 0 Å². The van der Waals surface area contributed by atoms with Crippen molar-refractivity contribution in [1.29, 1.82) is 0 Å². The van der Waals surface area contributed by atoms with Crippen LogP contribution in [0.1, 0.15) is 43.1 Å². The molecule has 23 heavy (non-hydrogen) atoms. The minimum absolute atomic E-state index is 0.0682. The third kappa shape index (κ3) is 5.45. The largest absolute Gasteiger partial charge is 0.325 e. The van der Waals surface area contributed by atoms with Gasteiger partial charge in [0.15, 0.2) is 0 Å². The molecular formula is C18H24N4O. The fourth-order valence-electron chi connectivity index (χ4n) is 2.15. The number of hydrogen-bond acceptors (Lipinski definition) is 4. The van der Waals surface area contributed by atoms with Crippen LogP contribution in [0.3, 0.4) is 0 Å². The molecule has 1 heterocycles. The van der Waals surface area contributed by atoms with Crippen LogP contribution in [0.15, 0.2) is 36.7 Å². The highest BCUT2D eigenvalue weighted by Gasteiger charge is 2.05. The molecule has 1 atom stereocenters. The monoisotopic (exact) mass is 312 g/mol. The van der Waals surface area contributed by atoms with Gasteiger partial charge in [-0.1, -0.05) is 26.0 Å². The molecule has 1 amide bonds. The van der Waals surface area contributed by atoms with Gasteiger partial charge in [-0.25, -0.2) is 0 Å². The highest BCUT2D eigenvalue weighted by molar-refractivity contribution is 5.92. The average Bonchev–Trinajstić information content (AvgIpc) is 2.56. The standard InChI is InChI=1S/C18H24N4O/c1-4-13(2)15-5-7-16(8-6-15)22-18(23)12-19-10-17-11-20-14(3)9-21-17/h5-9,11,13,19H,4,10,12H2,1-3H3,(H,22,23)/t13-/m0/s1. The van der Waals surface area contributed by atoms with Crippen LogP contribution in [0.5, 0.6) is 0 Å². The van der Waals surface area contributed by atoms with E-state index in [9.17, 15) is 4.79 Å². The normalized spacial score (nSPS) is 12.0. The van der Waals surface area contributed by atoms with Crippen molar-refractivity contribution in [2.75, 3.05) is 11.9 Å². The lowest BCUT2D eigenvalue weighted by molar-refractivity contribution is -0.115. The van der Waals surface area contributed by atoms with Crippen molar-refractivity contribution >= 4 is 11.6 Å². The van der Waals surface area contributed by atoms with E-state index in [1.165, 1.54) is 5.56 Å². The molecule has 0 fully saturated rings. The van der Waals surface area contributed by atoms with Crippen molar-refractivity contribution in [3.05, 3.63) is 53.6 Å². The average molecular weight is 312 g/mol. The van der Waals surface area contributed by atoms with Crippen LogP contribution in [0.2, 0.25) is 0 Å². The summed E-state index contributed by atoms with van der Waals surface area (Å²) < 4.78 is 0. The van der Waals surface area contributed by atoms with Gasteiger partial charge < -0.3 is 10.6 Å². The number of carbonyl (C=O) groups is 1. The maximum atomic E-state index is 11.9. The lowest BCUT2D eigenvalue weighted by Gasteiger charge is -2.11. The second-order valence-corrected chi connectivity index (χ2v) is 5.73. The van der Waals surface area contributed by atoms with E-state index >= 15 is 0 Å². The fourth-order valence-corrected chi connectivity index (χ4v) is 2.15. The molecule has 0 aliphatic carbocycles. The number of carbonyl (C=O) groups excluding carboxylic acids is 1. The van der Waals surface area contributed by atoms with Crippen molar-refractivity contribution in [1.82, 2.24) is 15.3 Å². The molecule has 0 spiro atoms. The van der Waals surface area contributed by atoms with E-state index in [0.29, 0.717) is 12.5 Å². The molecular weight excluding hydrogens is 288 g/mol. The lowest BCUT2D eigenvalue weighted by atomic mass is 9.99. The summed E-state index contributed by atoms with van der Waals surface area (Å²) in [6, 6.07) is 8.04. The summed E-state index contributed by atoms with van der Waals surface area (Å²) in [5, 5.41) is 5.95. The van der Waals surface area contributed by atoms with Crippen molar-refractivity contribution in [3.63, 3.8) is 0 Å². The summed E-state index contributed by atoms with van der Waals surface area (Å²) in [5.41, 5.74) is 3.81. The molecule has 0 saturated carbocycles.